The Morgan fingerprint density at radius 2 is 2.33 bits per heavy atom. The fraction of sp³-hybridized carbons (Fsp3) is 0.571. The first-order valence-corrected chi connectivity index (χ1v) is 5.80. The van der Waals surface area contributed by atoms with Crippen LogP contribution in [0.4, 0.5) is 0 Å². The number of rotatable bonds is 3. The van der Waals surface area contributed by atoms with E-state index in [1.165, 1.54) is 0 Å². The summed E-state index contributed by atoms with van der Waals surface area (Å²) in [6.45, 7) is 1.79. The van der Waals surface area contributed by atoms with Crippen LogP contribution in [-0.2, 0) is 15.6 Å². The van der Waals surface area contributed by atoms with E-state index in [9.17, 15) is 9.00 Å². The number of carbonyl (C=O) groups is 1. The molecule has 1 amide bonds. The quantitative estimate of drug-likeness (QED) is 0.731. The Labute approximate surface area is 82.9 Å². The van der Waals surface area contributed by atoms with Crippen molar-refractivity contribution >= 4 is 32.6 Å². The lowest BCUT2D eigenvalue weighted by Gasteiger charge is -2.08. The Morgan fingerprint density at radius 1 is 1.75 bits per heavy atom. The molecule has 3 nitrogen and oxygen atoms in total. The minimum atomic E-state index is -0.891. The maximum Gasteiger partial charge on any atom is 0.296 e. The minimum Gasteiger partial charge on any atom is -0.342 e. The molecule has 0 heterocycles. The van der Waals surface area contributed by atoms with E-state index in [4.69, 9.17) is 0 Å². The average molecular weight is 252 g/mol. The third-order valence-electron chi connectivity index (χ3n) is 1.02. The molecule has 0 saturated heterocycles. The first kappa shape index (κ1) is 11.7. The van der Waals surface area contributed by atoms with Crippen LogP contribution in [0.1, 0.15) is 6.92 Å². The van der Waals surface area contributed by atoms with Gasteiger partial charge in [0.25, 0.3) is 5.91 Å². The molecule has 5 heteroatoms. The lowest BCUT2D eigenvalue weighted by atomic mass is 10.4. The van der Waals surface area contributed by atoms with Gasteiger partial charge in [-0.15, -0.1) is 0 Å². The molecule has 2 unspecified atom stereocenters. The summed E-state index contributed by atoms with van der Waals surface area (Å²) < 4.78 is 10.7. The number of amides is 1. The monoisotopic (exact) mass is 251 g/mol. The van der Waals surface area contributed by atoms with Gasteiger partial charge in [0.2, 0.25) is 0 Å². The summed E-state index contributed by atoms with van der Waals surface area (Å²) in [7, 11) is -0.891. The van der Waals surface area contributed by atoms with E-state index in [2.05, 4.69) is 32.0 Å². The molecule has 68 valence electrons. The van der Waals surface area contributed by atoms with Crippen LogP contribution in [0.5, 0.6) is 0 Å². The highest BCUT2D eigenvalue weighted by Gasteiger charge is 2.05. The summed E-state index contributed by atoms with van der Waals surface area (Å²) in [5.41, 5.74) is 0. The van der Waals surface area contributed by atoms with Gasteiger partial charge in [0.1, 0.15) is 0 Å². The molecule has 0 aliphatic carbocycles. The van der Waals surface area contributed by atoms with Gasteiger partial charge in [-0.25, -0.2) is 0 Å². The van der Waals surface area contributed by atoms with Crippen molar-refractivity contribution in [2.24, 2.45) is 0 Å². The Balaban J connectivity index is 3.81. The number of nitrogens with one attached hydrogen (secondary N) is 1. The van der Waals surface area contributed by atoms with Crippen molar-refractivity contribution in [3.8, 4) is 10.8 Å². The van der Waals surface area contributed by atoms with Gasteiger partial charge < -0.3 is 5.32 Å². The summed E-state index contributed by atoms with van der Waals surface area (Å²) in [5, 5.41) is 2.58. The van der Waals surface area contributed by atoms with E-state index >= 15 is 0 Å². The SMILES string of the molecule is CC(CS(C)=O)NC(=O)C#CBr. The highest BCUT2D eigenvalue weighted by atomic mass is 79.9. The van der Waals surface area contributed by atoms with Gasteiger partial charge in [0.05, 0.1) is 0 Å². The van der Waals surface area contributed by atoms with Crippen LogP contribution in [0.15, 0.2) is 0 Å². The summed E-state index contributed by atoms with van der Waals surface area (Å²) in [5.74, 6) is 2.36. The van der Waals surface area contributed by atoms with Crippen LogP contribution >= 0.6 is 15.9 Å². The van der Waals surface area contributed by atoms with Crippen molar-refractivity contribution in [3.63, 3.8) is 0 Å². The zero-order chi connectivity index (χ0) is 9.56. The summed E-state index contributed by atoms with van der Waals surface area (Å²) in [4.78, 5) is 13.1. The first-order valence-electron chi connectivity index (χ1n) is 3.28. The highest BCUT2D eigenvalue weighted by molar-refractivity contribution is 9.12. The van der Waals surface area contributed by atoms with E-state index in [1.54, 1.807) is 13.2 Å². The Hall–Kier alpha value is -0.340. The van der Waals surface area contributed by atoms with Gasteiger partial charge >= 0.3 is 0 Å². The van der Waals surface area contributed by atoms with Crippen LogP contribution in [0.2, 0.25) is 0 Å². The van der Waals surface area contributed by atoms with Crippen LogP contribution in [-0.4, -0.2) is 28.2 Å². The van der Waals surface area contributed by atoms with E-state index in [0.717, 1.165) is 0 Å². The predicted octanol–water partition coefficient (Wildman–Crippen LogP) is 0.225. The van der Waals surface area contributed by atoms with E-state index in [-0.39, 0.29) is 11.9 Å². The van der Waals surface area contributed by atoms with Crippen molar-refractivity contribution in [1.29, 1.82) is 0 Å². The number of carbonyl (C=O) groups excluding carboxylic acids is 1. The van der Waals surface area contributed by atoms with Crippen LogP contribution in [0, 0.1) is 10.8 Å². The number of hydrogen-bond acceptors (Lipinski definition) is 2. The van der Waals surface area contributed by atoms with E-state index in [0.29, 0.717) is 5.75 Å². The molecular weight excluding hydrogens is 242 g/mol. The molecule has 0 aliphatic heterocycles. The number of halogens is 1. The van der Waals surface area contributed by atoms with Crippen LogP contribution in [0.3, 0.4) is 0 Å². The van der Waals surface area contributed by atoms with Gasteiger partial charge in [-0.2, -0.15) is 0 Å². The van der Waals surface area contributed by atoms with Gasteiger partial charge in [-0.3, -0.25) is 9.00 Å². The van der Waals surface area contributed by atoms with Crippen molar-refractivity contribution in [1.82, 2.24) is 5.32 Å². The zero-order valence-corrected chi connectivity index (χ0v) is 9.29. The third kappa shape index (κ3) is 6.38. The summed E-state index contributed by atoms with van der Waals surface area (Å²) >= 11 is 2.81. The molecule has 0 bridgehead atoms. The molecule has 0 aromatic heterocycles. The summed E-state index contributed by atoms with van der Waals surface area (Å²) in [6, 6.07) is -0.100. The molecule has 0 saturated carbocycles. The molecule has 0 spiro atoms. The lowest BCUT2D eigenvalue weighted by Crippen LogP contribution is -2.35. The van der Waals surface area contributed by atoms with E-state index in [1.807, 2.05) is 0 Å². The minimum absolute atomic E-state index is 0.100. The Kier molecular flexibility index (Phi) is 6.03. The highest BCUT2D eigenvalue weighted by Crippen LogP contribution is 1.85. The fourth-order valence-electron chi connectivity index (χ4n) is 0.697. The van der Waals surface area contributed by atoms with Crippen molar-refractivity contribution < 1.29 is 9.00 Å². The molecule has 12 heavy (non-hydrogen) atoms. The molecule has 0 aromatic carbocycles. The second-order valence-corrected chi connectivity index (χ2v) is 4.21. The van der Waals surface area contributed by atoms with Gasteiger partial charge in [-0.05, 0) is 11.8 Å². The normalized spacial score (nSPS) is 13.9. The molecule has 0 radical (unpaired) electrons. The molecule has 0 fully saturated rings. The van der Waals surface area contributed by atoms with Crippen LogP contribution in [0.25, 0.3) is 0 Å². The average Bonchev–Trinajstić information content (AvgIpc) is 1.84. The van der Waals surface area contributed by atoms with Crippen molar-refractivity contribution in [2.45, 2.75) is 13.0 Å². The Morgan fingerprint density at radius 3 is 2.75 bits per heavy atom. The predicted molar refractivity (Wildman–Crippen MR) is 53.2 cm³/mol. The van der Waals surface area contributed by atoms with Gasteiger partial charge in [0.15, 0.2) is 0 Å². The number of hydrogen-bond donors (Lipinski definition) is 1. The smallest absolute Gasteiger partial charge is 0.296 e. The Bertz CT molecular complexity index is 244. The molecular formula is C7H10BrNO2S. The van der Waals surface area contributed by atoms with Gasteiger partial charge in [-0.1, -0.05) is 0 Å². The third-order valence-corrected chi connectivity index (χ3v) is 2.19. The van der Waals surface area contributed by atoms with Gasteiger partial charge in [0, 0.05) is 50.7 Å². The maximum absolute atomic E-state index is 10.8. The first-order chi connectivity index (χ1) is 5.56. The molecule has 1 N–H and O–H groups in total. The largest absolute Gasteiger partial charge is 0.342 e. The molecule has 2 atom stereocenters. The maximum atomic E-state index is 10.8. The second kappa shape index (κ2) is 6.21. The lowest BCUT2D eigenvalue weighted by molar-refractivity contribution is -0.116. The van der Waals surface area contributed by atoms with Crippen LogP contribution < -0.4 is 5.32 Å². The molecule has 0 rings (SSSR count). The molecule has 0 aliphatic rings. The topological polar surface area (TPSA) is 46.2 Å². The fourth-order valence-corrected chi connectivity index (χ4v) is 1.66. The van der Waals surface area contributed by atoms with Crippen molar-refractivity contribution in [3.05, 3.63) is 0 Å². The summed E-state index contributed by atoms with van der Waals surface area (Å²) in [6.07, 6.45) is 1.60. The standard InChI is InChI=1S/C7H10BrNO2S/c1-6(5-12(2)11)9-7(10)3-4-8/h6H,5H2,1-2H3,(H,9,10). The zero-order valence-electron chi connectivity index (χ0n) is 6.89. The molecule has 0 aromatic rings. The van der Waals surface area contributed by atoms with Crippen molar-refractivity contribution in [2.75, 3.05) is 12.0 Å². The van der Waals surface area contributed by atoms with E-state index < -0.39 is 10.8 Å². The second-order valence-electron chi connectivity index (χ2n) is 2.33.